The lowest BCUT2D eigenvalue weighted by molar-refractivity contribution is -0.152. The van der Waals surface area contributed by atoms with Crippen LogP contribution in [0, 0.1) is 11.8 Å². The minimum absolute atomic E-state index is 0.0401. The zero-order chi connectivity index (χ0) is 32.1. The van der Waals surface area contributed by atoms with E-state index in [0.717, 1.165) is 19.3 Å². The summed E-state index contributed by atoms with van der Waals surface area (Å²) in [6, 6.07) is 6.48. The Hall–Kier alpha value is -3.17. The molecule has 1 N–H and O–H groups in total. The number of hydrogen-bond acceptors (Lipinski definition) is 6. The highest BCUT2D eigenvalue weighted by Gasteiger charge is 2.78. The Morgan fingerprint density at radius 1 is 1.11 bits per heavy atom. The maximum Gasteiger partial charge on any atom is 0.248 e. The van der Waals surface area contributed by atoms with Crippen molar-refractivity contribution in [2.45, 2.75) is 95.9 Å². The summed E-state index contributed by atoms with van der Waals surface area (Å²) in [6.07, 6.45) is 8.26. The Kier molecular flexibility index (Phi) is 10.9. The van der Waals surface area contributed by atoms with E-state index >= 15 is 0 Å². The summed E-state index contributed by atoms with van der Waals surface area (Å²) in [4.78, 5) is 48.9. The van der Waals surface area contributed by atoms with Crippen LogP contribution in [0.1, 0.15) is 72.6 Å². The minimum Gasteiger partial charge on any atom is -0.494 e. The summed E-state index contributed by atoms with van der Waals surface area (Å²) in [6.45, 7) is 17.4. The first kappa shape index (κ1) is 33.7. The van der Waals surface area contributed by atoms with E-state index in [-0.39, 0.29) is 36.9 Å². The SMILES string of the molecule is C=CCN(C(=O)[C@H]1[C@H]2C(=O)N(CCCCCO)C(C(=O)N(CC=C)C(C)CCC)C23CC[C@]1(C)O3)c1ccc(OCC)cc1. The highest BCUT2D eigenvalue weighted by atomic mass is 16.5. The number of aliphatic hydroxyl groups excluding tert-OH is 1. The number of fused-ring (bicyclic) bond motifs is 1. The van der Waals surface area contributed by atoms with Gasteiger partial charge in [0.1, 0.15) is 17.4 Å². The molecular weight excluding hydrogens is 558 g/mol. The van der Waals surface area contributed by atoms with Crippen LogP contribution in [0.5, 0.6) is 5.75 Å². The van der Waals surface area contributed by atoms with Gasteiger partial charge in [0.15, 0.2) is 0 Å². The van der Waals surface area contributed by atoms with Crippen LogP contribution in [0.25, 0.3) is 0 Å². The Morgan fingerprint density at radius 3 is 2.43 bits per heavy atom. The van der Waals surface area contributed by atoms with E-state index in [2.05, 4.69) is 20.1 Å². The van der Waals surface area contributed by atoms with Crippen molar-refractivity contribution in [3.05, 3.63) is 49.6 Å². The normalized spacial score (nSPS) is 27.6. The van der Waals surface area contributed by atoms with Crippen LogP contribution in [0.2, 0.25) is 0 Å². The number of nitrogens with zero attached hydrogens (tertiary/aromatic N) is 3. The van der Waals surface area contributed by atoms with Gasteiger partial charge in [0.25, 0.3) is 0 Å². The maximum absolute atomic E-state index is 14.6. The van der Waals surface area contributed by atoms with Gasteiger partial charge in [0.05, 0.1) is 24.0 Å². The molecule has 3 unspecified atom stereocenters. The Bertz CT molecular complexity index is 1200. The van der Waals surface area contributed by atoms with Gasteiger partial charge in [-0.05, 0) is 83.6 Å². The fourth-order valence-electron chi connectivity index (χ4n) is 7.76. The first-order valence-corrected chi connectivity index (χ1v) is 16.3. The van der Waals surface area contributed by atoms with Gasteiger partial charge in [0, 0.05) is 38.0 Å². The van der Waals surface area contributed by atoms with Gasteiger partial charge in [-0.25, -0.2) is 0 Å². The average molecular weight is 610 g/mol. The van der Waals surface area contributed by atoms with Crippen LogP contribution in [-0.2, 0) is 19.1 Å². The van der Waals surface area contributed by atoms with Crippen molar-refractivity contribution in [2.24, 2.45) is 11.8 Å². The van der Waals surface area contributed by atoms with E-state index in [0.29, 0.717) is 56.8 Å². The summed E-state index contributed by atoms with van der Waals surface area (Å²) in [5, 5.41) is 9.34. The summed E-state index contributed by atoms with van der Waals surface area (Å²) in [5.41, 5.74) is -1.30. The molecular formula is C35H51N3O6. The Morgan fingerprint density at radius 2 is 1.82 bits per heavy atom. The molecule has 3 heterocycles. The second-order valence-electron chi connectivity index (χ2n) is 12.6. The molecule has 3 fully saturated rings. The second kappa shape index (κ2) is 14.3. The predicted molar refractivity (Wildman–Crippen MR) is 171 cm³/mol. The van der Waals surface area contributed by atoms with E-state index in [1.807, 2.05) is 49.9 Å². The number of unbranched alkanes of at least 4 members (excludes halogenated alkanes) is 2. The van der Waals surface area contributed by atoms with E-state index in [1.165, 1.54) is 0 Å². The standard InChI is InChI=1S/C35H51N3O6/c1-7-14-25(5)36(21-8-2)33(42)30-35-20-19-34(6,44-35)28(29(35)32(41)38(30)23-12-11-13-24-39)31(40)37(22-9-3)26-15-17-27(18-16-26)43-10-4/h8-9,15-18,25,28-30,39H,2-3,7,10-14,19-24H2,1,4-6H3/t25?,28-,29+,30?,34+,35?/m1/s1. The summed E-state index contributed by atoms with van der Waals surface area (Å²) < 4.78 is 12.5. The van der Waals surface area contributed by atoms with Crippen molar-refractivity contribution in [1.82, 2.24) is 9.80 Å². The van der Waals surface area contributed by atoms with Gasteiger partial charge in [-0.2, -0.15) is 0 Å². The molecule has 0 radical (unpaired) electrons. The topological polar surface area (TPSA) is 99.6 Å². The largest absolute Gasteiger partial charge is 0.494 e. The van der Waals surface area contributed by atoms with Crippen LogP contribution in [-0.4, -0.2) is 88.8 Å². The number of aliphatic hydroxyl groups is 1. The molecule has 44 heavy (non-hydrogen) atoms. The highest BCUT2D eigenvalue weighted by Crippen LogP contribution is 2.63. The number of amides is 3. The van der Waals surface area contributed by atoms with Crippen LogP contribution in [0.3, 0.4) is 0 Å². The molecule has 4 rings (SSSR count). The fourth-order valence-corrected chi connectivity index (χ4v) is 7.76. The number of likely N-dealkylation sites (tertiary alicyclic amines) is 1. The predicted octanol–water partition coefficient (Wildman–Crippen LogP) is 4.73. The summed E-state index contributed by atoms with van der Waals surface area (Å²) in [5.74, 6) is -1.36. The molecule has 6 atom stereocenters. The third-order valence-electron chi connectivity index (χ3n) is 9.72. The van der Waals surface area contributed by atoms with Crippen molar-refractivity contribution in [3.63, 3.8) is 0 Å². The molecule has 2 bridgehead atoms. The van der Waals surface area contributed by atoms with Crippen molar-refractivity contribution in [1.29, 1.82) is 0 Å². The summed E-state index contributed by atoms with van der Waals surface area (Å²) in [7, 11) is 0. The molecule has 0 saturated carbocycles. The molecule has 9 nitrogen and oxygen atoms in total. The van der Waals surface area contributed by atoms with Crippen molar-refractivity contribution in [3.8, 4) is 5.75 Å². The van der Waals surface area contributed by atoms with Crippen LogP contribution in [0.15, 0.2) is 49.6 Å². The highest BCUT2D eigenvalue weighted by molar-refractivity contribution is 6.03. The molecule has 1 spiro atoms. The molecule has 0 aromatic heterocycles. The van der Waals surface area contributed by atoms with Gasteiger partial charge in [-0.1, -0.05) is 25.5 Å². The number of rotatable bonds is 17. The molecule has 3 amide bonds. The van der Waals surface area contributed by atoms with E-state index in [4.69, 9.17) is 9.47 Å². The molecule has 242 valence electrons. The van der Waals surface area contributed by atoms with Crippen molar-refractivity contribution >= 4 is 23.4 Å². The number of carbonyl (C=O) groups excluding carboxylic acids is 3. The van der Waals surface area contributed by atoms with Crippen molar-refractivity contribution in [2.75, 3.05) is 37.7 Å². The molecule has 3 aliphatic rings. The Balaban J connectivity index is 1.75. The van der Waals surface area contributed by atoms with Gasteiger partial charge in [0.2, 0.25) is 17.7 Å². The van der Waals surface area contributed by atoms with Crippen molar-refractivity contribution < 1.29 is 29.0 Å². The lowest BCUT2D eigenvalue weighted by atomic mass is 9.66. The van der Waals surface area contributed by atoms with E-state index < -0.39 is 29.1 Å². The van der Waals surface area contributed by atoms with Crippen LogP contribution < -0.4 is 9.64 Å². The third kappa shape index (κ3) is 6.05. The number of carbonyl (C=O) groups is 3. The second-order valence-corrected chi connectivity index (χ2v) is 12.6. The Labute approximate surface area is 262 Å². The first-order valence-electron chi connectivity index (χ1n) is 16.3. The number of anilines is 1. The maximum atomic E-state index is 14.6. The zero-order valence-electron chi connectivity index (χ0n) is 27.0. The molecule has 3 saturated heterocycles. The van der Waals surface area contributed by atoms with Gasteiger partial charge < -0.3 is 29.3 Å². The van der Waals surface area contributed by atoms with E-state index in [1.54, 1.807) is 22.0 Å². The van der Waals surface area contributed by atoms with Crippen LogP contribution in [0.4, 0.5) is 5.69 Å². The molecule has 1 aromatic rings. The number of ether oxygens (including phenoxy) is 2. The lowest BCUT2D eigenvalue weighted by Crippen LogP contribution is -2.58. The van der Waals surface area contributed by atoms with Crippen LogP contribution >= 0.6 is 0 Å². The quantitative estimate of drug-likeness (QED) is 0.203. The monoisotopic (exact) mass is 609 g/mol. The average Bonchev–Trinajstić information content (AvgIpc) is 3.57. The smallest absolute Gasteiger partial charge is 0.248 e. The van der Waals surface area contributed by atoms with Gasteiger partial charge in [-0.15, -0.1) is 13.2 Å². The molecule has 9 heteroatoms. The fraction of sp³-hybridized carbons (Fsp3) is 0.629. The summed E-state index contributed by atoms with van der Waals surface area (Å²) >= 11 is 0. The minimum atomic E-state index is -1.09. The lowest BCUT2D eigenvalue weighted by Gasteiger charge is -2.39. The number of benzene rings is 1. The van der Waals surface area contributed by atoms with Gasteiger partial charge in [-0.3, -0.25) is 14.4 Å². The third-order valence-corrected chi connectivity index (χ3v) is 9.72. The zero-order valence-corrected chi connectivity index (χ0v) is 27.0. The number of hydrogen-bond donors (Lipinski definition) is 1. The molecule has 0 aliphatic carbocycles. The van der Waals surface area contributed by atoms with Gasteiger partial charge >= 0.3 is 0 Å². The van der Waals surface area contributed by atoms with E-state index in [9.17, 15) is 19.5 Å². The molecule has 1 aromatic carbocycles. The first-order chi connectivity index (χ1) is 21.1. The molecule has 3 aliphatic heterocycles.